The van der Waals surface area contributed by atoms with Gasteiger partial charge < -0.3 is 53.9 Å². The molecule has 63 heavy (non-hydrogen) atoms. The van der Waals surface area contributed by atoms with Gasteiger partial charge in [-0.2, -0.15) is 12.6 Å². The third-order valence-electron chi connectivity index (χ3n) is 9.95. The van der Waals surface area contributed by atoms with Crippen LogP contribution in [0.5, 0.6) is 0 Å². The summed E-state index contributed by atoms with van der Waals surface area (Å²) in [7, 11) is -23.0. The van der Waals surface area contributed by atoms with Gasteiger partial charge in [0.1, 0.15) is 43.2 Å². The summed E-state index contributed by atoms with van der Waals surface area (Å²) in [6.07, 6.45) is 3.52. The molecule has 0 heterocycles. The van der Waals surface area contributed by atoms with Crippen LogP contribution >= 0.6 is 43.9 Å². The Hall–Kier alpha value is -0.350. The number of unbranched alkanes of at least 4 members (excludes halogenated alkanes) is 19. The van der Waals surface area contributed by atoms with Crippen LogP contribution in [0.2, 0.25) is 0 Å². The van der Waals surface area contributed by atoms with Crippen LogP contribution < -0.4 is 0 Å². The van der Waals surface area contributed by atoms with Crippen molar-refractivity contribution in [2.45, 2.75) is 197 Å². The maximum atomic E-state index is 13.2. The van der Waals surface area contributed by atoms with E-state index in [-0.39, 0.29) is 12.8 Å². The third kappa shape index (κ3) is 30.6. The van der Waals surface area contributed by atoms with Crippen LogP contribution in [0.3, 0.4) is 0 Å². The Morgan fingerprint density at radius 1 is 0.492 bits per heavy atom. The van der Waals surface area contributed by atoms with Crippen molar-refractivity contribution in [1.82, 2.24) is 0 Å². The number of carbonyl (C=O) groups is 2. The first-order valence-electron chi connectivity index (χ1n) is 21.7. The van der Waals surface area contributed by atoms with E-state index in [4.69, 9.17) is 18.5 Å². The van der Waals surface area contributed by atoms with Gasteiger partial charge in [-0.3, -0.25) is 32.2 Å². The van der Waals surface area contributed by atoms with Crippen molar-refractivity contribution < 1.29 is 104 Å². The summed E-state index contributed by atoms with van der Waals surface area (Å²) in [6.45, 7) is 0.542. The van der Waals surface area contributed by atoms with E-state index < -0.39 is 99.2 Å². The number of phosphoric acid groups is 4. The molecule has 1 saturated carbocycles. The highest BCUT2D eigenvalue weighted by atomic mass is 32.1. The van der Waals surface area contributed by atoms with Crippen molar-refractivity contribution in [3.05, 3.63) is 0 Å². The lowest BCUT2D eigenvalue weighted by molar-refractivity contribution is -0.209. The van der Waals surface area contributed by atoms with Gasteiger partial charge in [0.15, 0.2) is 6.10 Å². The van der Waals surface area contributed by atoms with Crippen molar-refractivity contribution in [2.75, 3.05) is 19.0 Å². The molecule has 0 amide bonds. The number of carbonyl (C=O) groups excluding carboxylic acids is 2. The molecule has 0 saturated heterocycles. The summed E-state index contributed by atoms with van der Waals surface area (Å²) in [4.78, 5) is 92.4. The first-order chi connectivity index (χ1) is 29.5. The largest absolute Gasteiger partial charge is 0.472 e. The van der Waals surface area contributed by atoms with Gasteiger partial charge >= 0.3 is 43.2 Å². The van der Waals surface area contributed by atoms with Gasteiger partial charge in [-0.25, -0.2) is 18.3 Å². The minimum Gasteiger partial charge on any atom is -0.462 e. The molecule has 0 aromatic heterocycles. The van der Waals surface area contributed by atoms with Crippen LogP contribution in [0.4, 0.5) is 0 Å². The summed E-state index contributed by atoms with van der Waals surface area (Å²) in [5, 5.41) is 21.8. The molecule has 22 nitrogen and oxygen atoms in total. The molecule has 0 spiro atoms. The van der Waals surface area contributed by atoms with Crippen LogP contribution in [0.25, 0.3) is 0 Å². The fourth-order valence-electron chi connectivity index (χ4n) is 6.83. The van der Waals surface area contributed by atoms with E-state index in [1.54, 1.807) is 0 Å². The highest BCUT2D eigenvalue weighted by molar-refractivity contribution is 7.80. The highest BCUT2D eigenvalue weighted by Crippen LogP contribution is 2.53. The Morgan fingerprint density at radius 2 is 0.857 bits per heavy atom. The SMILES string of the molecule is CCCCCCCCCCCCCCCC(=O)O[C@H](COC(=O)CCCCCCCCCCS)COP(=O)(O)OC1C(O)[C@H](OP(=O)(O)O)C(OP(=O)(O)O)[C@H](OP(=O)(O)O)[C@@H]1O. The summed E-state index contributed by atoms with van der Waals surface area (Å²) in [6, 6.07) is 0. The molecule has 8 atom stereocenters. The number of thiol groups is 1. The standard InChI is InChI=1S/C36H72O22P4S/c1-2-3-4-5-6-7-8-9-10-11-15-18-21-24-30(38)54-28(26-52-29(37)23-20-17-14-12-13-16-19-22-25-63)27-53-62(50,51)58-33-31(39)34(55-59(41,42)43)36(57-61(47,48)49)35(32(33)40)56-60(44,45)46/h28,31-36,39-40,63H,2-27H2,1H3,(H,50,51)(H2,41,42,43)(H2,44,45,46)(H2,47,48,49)/t28-,31-,32?,33?,34-,35+,36?/m1/s1. The molecular weight excluding hydrogens is 940 g/mol. The van der Waals surface area contributed by atoms with Crippen molar-refractivity contribution in [2.24, 2.45) is 0 Å². The smallest absolute Gasteiger partial charge is 0.462 e. The number of rotatable bonds is 38. The molecule has 9 N–H and O–H groups in total. The van der Waals surface area contributed by atoms with Crippen molar-refractivity contribution >= 4 is 55.9 Å². The fraction of sp³-hybridized carbons (Fsp3) is 0.944. The molecule has 27 heteroatoms. The van der Waals surface area contributed by atoms with E-state index in [2.05, 4.69) is 33.1 Å². The van der Waals surface area contributed by atoms with Crippen LogP contribution in [-0.2, 0) is 59.9 Å². The quantitative estimate of drug-likeness (QED) is 0.0146. The van der Waals surface area contributed by atoms with E-state index in [9.17, 15) is 72.3 Å². The monoisotopic (exact) mass is 1010 g/mol. The molecule has 1 aliphatic carbocycles. The Balaban J connectivity index is 2.97. The highest BCUT2D eigenvalue weighted by Gasteiger charge is 2.59. The predicted octanol–water partition coefficient (Wildman–Crippen LogP) is 6.03. The van der Waals surface area contributed by atoms with Gasteiger partial charge in [-0.15, -0.1) is 0 Å². The number of phosphoric ester groups is 4. The number of aliphatic hydroxyl groups excluding tert-OH is 2. The van der Waals surface area contributed by atoms with E-state index >= 15 is 0 Å². The molecule has 0 aliphatic heterocycles. The molecule has 4 unspecified atom stereocenters. The summed E-state index contributed by atoms with van der Waals surface area (Å²) in [5.74, 6) is -0.564. The summed E-state index contributed by atoms with van der Waals surface area (Å²) >= 11 is 4.20. The minimum absolute atomic E-state index is 0.0294. The van der Waals surface area contributed by atoms with Crippen LogP contribution in [0.15, 0.2) is 0 Å². The second-order valence-electron chi connectivity index (χ2n) is 15.6. The number of hydrogen-bond acceptors (Lipinski definition) is 16. The van der Waals surface area contributed by atoms with Gasteiger partial charge in [0.25, 0.3) is 0 Å². The maximum Gasteiger partial charge on any atom is 0.472 e. The Labute approximate surface area is 375 Å². The van der Waals surface area contributed by atoms with Gasteiger partial charge in [-0.1, -0.05) is 122 Å². The molecular formula is C36H72O22P4S. The zero-order valence-corrected chi connectivity index (χ0v) is 40.5. The number of esters is 2. The predicted molar refractivity (Wildman–Crippen MR) is 230 cm³/mol. The summed E-state index contributed by atoms with van der Waals surface area (Å²) in [5.41, 5.74) is 0. The third-order valence-corrected chi connectivity index (χ3v) is 12.8. The second-order valence-corrected chi connectivity index (χ2v) is 21.0. The topological polar surface area (TPSA) is 349 Å². The number of aliphatic hydroxyl groups is 2. The molecule has 0 bridgehead atoms. The van der Waals surface area contributed by atoms with Gasteiger partial charge in [0.05, 0.1) is 6.61 Å². The lowest BCUT2D eigenvalue weighted by Crippen LogP contribution is -2.65. The normalized spacial score (nSPS) is 22.4. The minimum atomic E-state index is -5.78. The van der Waals surface area contributed by atoms with Crippen LogP contribution in [0.1, 0.15) is 155 Å². The van der Waals surface area contributed by atoms with Gasteiger partial charge in [0.2, 0.25) is 0 Å². The van der Waals surface area contributed by atoms with E-state index in [0.717, 1.165) is 82.8 Å². The van der Waals surface area contributed by atoms with Crippen molar-refractivity contribution in [3.8, 4) is 0 Å². The number of hydrogen-bond donors (Lipinski definition) is 10. The fourth-order valence-corrected chi connectivity index (χ4v) is 9.70. The Morgan fingerprint density at radius 3 is 1.25 bits per heavy atom. The number of ether oxygens (including phenoxy) is 2. The maximum absolute atomic E-state index is 13.2. The zero-order valence-electron chi connectivity index (χ0n) is 36.0. The van der Waals surface area contributed by atoms with Crippen LogP contribution in [-0.4, -0.2) is 118 Å². The average molecular weight is 1010 g/mol. The lowest BCUT2D eigenvalue weighted by atomic mass is 9.85. The van der Waals surface area contributed by atoms with Gasteiger partial charge in [-0.05, 0) is 25.0 Å². The average Bonchev–Trinajstić information content (AvgIpc) is 3.17. The van der Waals surface area contributed by atoms with Crippen LogP contribution in [0, 0.1) is 0 Å². The van der Waals surface area contributed by atoms with Crippen molar-refractivity contribution in [1.29, 1.82) is 0 Å². The Bertz CT molecular complexity index is 1420. The molecule has 1 rings (SSSR count). The first-order valence-corrected chi connectivity index (χ1v) is 28.4. The van der Waals surface area contributed by atoms with E-state index in [1.807, 2.05) is 0 Å². The molecule has 0 radical (unpaired) electrons. The van der Waals surface area contributed by atoms with Gasteiger partial charge in [0, 0.05) is 12.8 Å². The van der Waals surface area contributed by atoms with Crippen molar-refractivity contribution in [3.63, 3.8) is 0 Å². The summed E-state index contributed by atoms with van der Waals surface area (Å²) < 4.78 is 81.8. The lowest BCUT2D eigenvalue weighted by Gasteiger charge is -2.45. The second kappa shape index (κ2) is 32.4. The molecule has 1 fully saturated rings. The first kappa shape index (κ1) is 60.7. The van der Waals surface area contributed by atoms with E-state index in [0.29, 0.717) is 12.8 Å². The molecule has 0 aromatic rings. The molecule has 1 aliphatic rings. The molecule has 0 aromatic carbocycles. The Kier molecular flexibility index (Phi) is 31.2. The van der Waals surface area contributed by atoms with E-state index in [1.165, 1.54) is 44.9 Å². The molecule has 374 valence electrons. The zero-order chi connectivity index (χ0) is 47.5.